The lowest BCUT2D eigenvalue weighted by molar-refractivity contribution is 0.361. The summed E-state index contributed by atoms with van der Waals surface area (Å²) in [4.78, 5) is 10.9. The zero-order chi connectivity index (χ0) is 10.6. The molecule has 0 aliphatic heterocycles. The normalized spacial score (nSPS) is 11.1. The molecule has 1 heterocycles. The predicted molar refractivity (Wildman–Crippen MR) is 54.4 cm³/mol. The molecule has 1 aromatic rings. The van der Waals surface area contributed by atoms with Crippen LogP contribution in [0.15, 0.2) is 13.6 Å². The molecule has 0 bridgehead atoms. The Hall–Kier alpha value is -0.990. The van der Waals surface area contributed by atoms with Gasteiger partial charge in [0.25, 0.3) is 0 Å². The number of aryl methyl sites for hydroxylation is 1. The van der Waals surface area contributed by atoms with Crippen LogP contribution < -0.4 is 5.82 Å². The van der Waals surface area contributed by atoms with Crippen LogP contribution in [-0.2, 0) is 12.8 Å². The summed E-state index contributed by atoms with van der Waals surface area (Å²) in [5.74, 6) is 1.40. The Balaban J connectivity index is 2.74. The van der Waals surface area contributed by atoms with Crippen molar-refractivity contribution >= 4 is 0 Å². The minimum atomic E-state index is -0.563. The molecular weight excluding hydrogens is 180 g/mol. The van der Waals surface area contributed by atoms with Gasteiger partial charge in [0.2, 0.25) is 0 Å². The first kappa shape index (κ1) is 11.1. The molecule has 0 amide bonds. The Labute approximate surface area is 84.1 Å². The van der Waals surface area contributed by atoms with Crippen LogP contribution in [0, 0.1) is 5.92 Å². The zero-order valence-electron chi connectivity index (χ0n) is 9.13. The number of rotatable bonds is 5. The molecule has 0 saturated carbocycles. The Bertz CT molecular complexity index is 320. The topological polar surface area (TPSA) is 43.4 Å². The third-order valence-corrected chi connectivity index (χ3v) is 2.08. The fraction of sp³-hybridized carbons (Fsp3) is 0.727. The summed E-state index contributed by atoms with van der Waals surface area (Å²) in [7, 11) is 0. The molecular formula is C11H18O3. The van der Waals surface area contributed by atoms with E-state index in [-0.39, 0.29) is 0 Å². The van der Waals surface area contributed by atoms with E-state index < -0.39 is 5.82 Å². The minimum Gasteiger partial charge on any atom is -0.396 e. The van der Waals surface area contributed by atoms with Gasteiger partial charge in [-0.25, -0.2) is 4.79 Å². The van der Waals surface area contributed by atoms with Gasteiger partial charge in [0.05, 0.1) is 0 Å². The molecule has 0 spiro atoms. The van der Waals surface area contributed by atoms with Gasteiger partial charge in [-0.2, -0.15) is 0 Å². The summed E-state index contributed by atoms with van der Waals surface area (Å²) in [6, 6.07) is 0. The third-order valence-electron chi connectivity index (χ3n) is 2.08. The summed E-state index contributed by atoms with van der Waals surface area (Å²) < 4.78 is 10.00. The molecule has 0 aliphatic carbocycles. The predicted octanol–water partition coefficient (Wildman–Crippen LogP) is 2.77. The highest BCUT2D eigenvalue weighted by Gasteiger charge is 2.13. The maximum Gasteiger partial charge on any atom is 0.519 e. The average molecular weight is 198 g/mol. The molecule has 0 fully saturated rings. The maximum absolute atomic E-state index is 10.9. The lowest BCUT2D eigenvalue weighted by Crippen LogP contribution is -1.96. The second-order valence-corrected chi connectivity index (χ2v) is 4.00. The second-order valence-electron chi connectivity index (χ2n) is 4.00. The fourth-order valence-corrected chi connectivity index (χ4v) is 1.39. The average Bonchev–Trinajstić information content (AvgIpc) is 2.41. The van der Waals surface area contributed by atoms with Crippen LogP contribution in [0.4, 0.5) is 0 Å². The lowest BCUT2D eigenvalue weighted by Gasteiger charge is -2.01. The maximum atomic E-state index is 10.9. The Morgan fingerprint density at radius 3 is 2.43 bits per heavy atom. The van der Waals surface area contributed by atoms with Gasteiger partial charge >= 0.3 is 5.82 Å². The van der Waals surface area contributed by atoms with Crippen LogP contribution >= 0.6 is 0 Å². The fourth-order valence-electron chi connectivity index (χ4n) is 1.39. The molecule has 0 aromatic carbocycles. The first-order valence-electron chi connectivity index (χ1n) is 5.25. The number of unbranched alkanes of at least 4 members (excludes halogenated alkanes) is 1. The van der Waals surface area contributed by atoms with Crippen molar-refractivity contribution in [3.05, 3.63) is 22.1 Å². The van der Waals surface area contributed by atoms with Crippen LogP contribution in [0.1, 0.15) is 45.1 Å². The van der Waals surface area contributed by atoms with E-state index in [4.69, 9.17) is 8.83 Å². The first-order valence-corrected chi connectivity index (χ1v) is 5.25. The van der Waals surface area contributed by atoms with Crippen molar-refractivity contribution < 1.29 is 8.83 Å². The van der Waals surface area contributed by atoms with Gasteiger partial charge in [-0.15, -0.1) is 0 Å². The van der Waals surface area contributed by atoms with Crippen LogP contribution in [-0.4, -0.2) is 0 Å². The van der Waals surface area contributed by atoms with E-state index in [9.17, 15) is 4.79 Å². The van der Waals surface area contributed by atoms with E-state index in [2.05, 4.69) is 20.8 Å². The molecule has 3 heteroatoms. The molecule has 0 atom stereocenters. The summed E-state index contributed by atoms with van der Waals surface area (Å²) in [6.07, 6.45) is 3.72. The Morgan fingerprint density at radius 1 is 1.21 bits per heavy atom. The monoisotopic (exact) mass is 198 g/mol. The molecule has 0 saturated heterocycles. The lowest BCUT2D eigenvalue weighted by atomic mass is 10.1. The Kier molecular flexibility index (Phi) is 3.98. The first-order chi connectivity index (χ1) is 6.63. The van der Waals surface area contributed by atoms with Crippen molar-refractivity contribution in [3.8, 4) is 0 Å². The van der Waals surface area contributed by atoms with E-state index in [1.165, 1.54) is 0 Å². The van der Waals surface area contributed by atoms with Gasteiger partial charge in [-0.3, -0.25) is 0 Å². The molecule has 0 aliphatic rings. The summed E-state index contributed by atoms with van der Waals surface area (Å²) in [6.45, 7) is 6.30. The van der Waals surface area contributed by atoms with Crippen molar-refractivity contribution in [1.82, 2.24) is 0 Å². The largest absolute Gasteiger partial charge is 0.519 e. The van der Waals surface area contributed by atoms with Gasteiger partial charge in [0, 0.05) is 12.8 Å². The van der Waals surface area contributed by atoms with Crippen molar-refractivity contribution in [2.75, 3.05) is 0 Å². The molecule has 1 rings (SSSR count). The van der Waals surface area contributed by atoms with Crippen LogP contribution in [0.25, 0.3) is 0 Å². The minimum absolute atomic E-state index is 0.483. The van der Waals surface area contributed by atoms with E-state index in [1.54, 1.807) is 0 Å². The van der Waals surface area contributed by atoms with Gasteiger partial charge < -0.3 is 8.83 Å². The number of hydrogen-bond acceptors (Lipinski definition) is 3. The third kappa shape index (κ3) is 3.05. The summed E-state index contributed by atoms with van der Waals surface area (Å²) in [5.41, 5.74) is 0. The zero-order valence-corrected chi connectivity index (χ0v) is 9.13. The summed E-state index contributed by atoms with van der Waals surface area (Å²) in [5, 5.41) is 0. The van der Waals surface area contributed by atoms with E-state index in [1.807, 2.05) is 0 Å². The van der Waals surface area contributed by atoms with Gasteiger partial charge in [-0.05, 0) is 12.3 Å². The van der Waals surface area contributed by atoms with Crippen LogP contribution in [0.3, 0.4) is 0 Å². The van der Waals surface area contributed by atoms with Crippen molar-refractivity contribution in [3.63, 3.8) is 0 Å². The van der Waals surface area contributed by atoms with Gasteiger partial charge in [0.15, 0.2) is 0 Å². The second kappa shape index (κ2) is 5.03. The number of hydrogen-bond donors (Lipinski definition) is 0. The smallest absolute Gasteiger partial charge is 0.396 e. The summed E-state index contributed by atoms with van der Waals surface area (Å²) >= 11 is 0. The van der Waals surface area contributed by atoms with Crippen molar-refractivity contribution in [2.45, 2.75) is 46.5 Å². The van der Waals surface area contributed by atoms with E-state index in [0.29, 0.717) is 5.92 Å². The molecule has 0 unspecified atom stereocenters. The molecule has 1 aromatic heterocycles. The van der Waals surface area contributed by atoms with E-state index in [0.717, 1.165) is 37.2 Å². The molecule has 14 heavy (non-hydrogen) atoms. The van der Waals surface area contributed by atoms with Crippen LogP contribution in [0.5, 0.6) is 0 Å². The van der Waals surface area contributed by atoms with Crippen LogP contribution in [0.2, 0.25) is 0 Å². The molecule has 80 valence electrons. The SMILES string of the molecule is CCCCc1oc(=O)oc1CC(C)C. The highest BCUT2D eigenvalue weighted by atomic mass is 16.6. The quantitative estimate of drug-likeness (QED) is 0.730. The highest BCUT2D eigenvalue weighted by molar-refractivity contribution is 5.04. The standard InChI is InChI=1S/C11H18O3/c1-4-5-6-9-10(7-8(2)3)14-11(12)13-9/h8H,4-7H2,1-3H3. The van der Waals surface area contributed by atoms with Gasteiger partial charge in [0.1, 0.15) is 11.5 Å². The Morgan fingerprint density at radius 2 is 1.86 bits per heavy atom. The highest BCUT2D eigenvalue weighted by Crippen LogP contribution is 2.14. The molecule has 0 radical (unpaired) electrons. The van der Waals surface area contributed by atoms with E-state index >= 15 is 0 Å². The van der Waals surface area contributed by atoms with Crippen molar-refractivity contribution in [2.24, 2.45) is 5.92 Å². The van der Waals surface area contributed by atoms with Crippen molar-refractivity contribution in [1.29, 1.82) is 0 Å². The molecule has 3 nitrogen and oxygen atoms in total. The molecule has 0 N–H and O–H groups in total. The van der Waals surface area contributed by atoms with Gasteiger partial charge in [-0.1, -0.05) is 27.2 Å².